The Hall–Kier alpha value is -5.41. The summed E-state index contributed by atoms with van der Waals surface area (Å²) in [6.07, 6.45) is 0.474. The van der Waals surface area contributed by atoms with Gasteiger partial charge in [-0.15, -0.1) is 0 Å². The average Bonchev–Trinajstić information content (AvgIpc) is 3.69. The summed E-state index contributed by atoms with van der Waals surface area (Å²) in [6.45, 7) is 1.79. The lowest BCUT2D eigenvalue weighted by atomic mass is 9.97. The molecule has 62 heavy (non-hydrogen) atoms. The molecule has 1 fully saturated rings. The Balaban J connectivity index is 1.17. The zero-order chi connectivity index (χ0) is 43.0. The molecule has 5 atom stereocenters. The molecule has 0 radical (unpaired) electrons. The van der Waals surface area contributed by atoms with Crippen molar-refractivity contribution in [3.05, 3.63) is 184 Å². The van der Waals surface area contributed by atoms with Crippen LogP contribution < -0.4 is 0 Å². The van der Waals surface area contributed by atoms with Crippen molar-refractivity contribution in [1.82, 2.24) is 3.97 Å². The molecule has 1 saturated heterocycles. The number of hydrogen-bond donors (Lipinski definition) is 0. The Morgan fingerprint density at radius 1 is 0.661 bits per heavy atom. The van der Waals surface area contributed by atoms with Crippen LogP contribution in [0.4, 0.5) is 4.39 Å². The number of azide groups is 1. The first-order valence-corrected chi connectivity index (χ1v) is 22.3. The maximum atomic E-state index is 14.0. The van der Waals surface area contributed by atoms with E-state index in [-0.39, 0.29) is 43.7 Å². The number of aromatic nitrogens is 1. The number of rotatable bonds is 23. The van der Waals surface area contributed by atoms with E-state index in [1.807, 2.05) is 78.9 Å². The zero-order valence-electron chi connectivity index (χ0n) is 34.4. The second kappa shape index (κ2) is 22.6. The number of para-hydroxylation sites is 1. The maximum Gasteiger partial charge on any atom is 0.268 e. The number of benzene rings is 5. The molecule has 2 heterocycles. The van der Waals surface area contributed by atoms with Crippen molar-refractivity contribution in [2.75, 3.05) is 26.4 Å². The predicted molar refractivity (Wildman–Crippen MR) is 233 cm³/mol. The molecule has 0 amide bonds. The van der Waals surface area contributed by atoms with Gasteiger partial charge in [-0.2, -0.15) is 0 Å². The van der Waals surface area contributed by atoms with Crippen LogP contribution in [-0.4, -0.2) is 69.5 Å². The Kier molecular flexibility index (Phi) is 16.3. The Morgan fingerprint density at radius 2 is 1.26 bits per heavy atom. The molecule has 0 saturated carbocycles. The van der Waals surface area contributed by atoms with E-state index in [0.29, 0.717) is 25.1 Å². The molecular weight excluding hydrogens is 812 g/mol. The van der Waals surface area contributed by atoms with Gasteiger partial charge in [0.25, 0.3) is 10.0 Å². The lowest BCUT2D eigenvalue weighted by molar-refractivity contribution is -0.328. The van der Waals surface area contributed by atoms with Crippen molar-refractivity contribution >= 4 is 20.9 Å². The van der Waals surface area contributed by atoms with Gasteiger partial charge in [0, 0.05) is 29.6 Å². The molecule has 5 aromatic carbocycles. The van der Waals surface area contributed by atoms with Crippen LogP contribution >= 0.6 is 0 Å². The summed E-state index contributed by atoms with van der Waals surface area (Å²) in [6, 6.07) is 41.5. The molecule has 1 aromatic heterocycles. The highest BCUT2D eigenvalue weighted by Gasteiger charge is 2.49. The number of halogens is 1. The van der Waals surface area contributed by atoms with Gasteiger partial charge >= 0.3 is 0 Å². The van der Waals surface area contributed by atoms with E-state index in [1.165, 1.54) is 16.1 Å². The summed E-state index contributed by atoms with van der Waals surface area (Å²) >= 11 is 0. The molecule has 0 bridgehead atoms. The van der Waals surface area contributed by atoms with Crippen molar-refractivity contribution in [2.45, 2.75) is 81.1 Å². The third-order valence-electron chi connectivity index (χ3n) is 10.6. The summed E-state index contributed by atoms with van der Waals surface area (Å²) in [5, 5.41) is 4.41. The van der Waals surface area contributed by atoms with E-state index < -0.39 is 40.7 Å². The molecule has 0 aliphatic carbocycles. The first kappa shape index (κ1) is 44.6. The van der Waals surface area contributed by atoms with E-state index in [4.69, 9.17) is 34.0 Å². The van der Waals surface area contributed by atoms with Gasteiger partial charge in [-0.05, 0) is 77.4 Å². The molecule has 1 aliphatic heterocycles. The molecule has 0 unspecified atom stereocenters. The van der Waals surface area contributed by atoms with E-state index in [9.17, 15) is 12.8 Å². The smallest absolute Gasteiger partial charge is 0.268 e. The molecule has 14 heteroatoms. The largest absolute Gasteiger partial charge is 0.379 e. The van der Waals surface area contributed by atoms with Crippen molar-refractivity contribution in [2.24, 2.45) is 5.11 Å². The summed E-state index contributed by atoms with van der Waals surface area (Å²) in [4.78, 5) is 3.02. The van der Waals surface area contributed by atoms with Gasteiger partial charge in [-0.1, -0.05) is 121 Å². The molecule has 324 valence electrons. The van der Waals surface area contributed by atoms with Crippen LogP contribution in [0.25, 0.3) is 21.3 Å². The van der Waals surface area contributed by atoms with Crippen molar-refractivity contribution < 1.29 is 41.2 Å². The summed E-state index contributed by atoms with van der Waals surface area (Å²) in [7, 11) is -3.89. The van der Waals surface area contributed by atoms with Crippen LogP contribution in [0.3, 0.4) is 0 Å². The van der Waals surface area contributed by atoms with Gasteiger partial charge in [0.2, 0.25) is 0 Å². The van der Waals surface area contributed by atoms with E-state index in [2.05, 4.69) is 10.0 Å². The third-order valence-corrected chi connectivity index (χ3v) is 12.3. The van der Waals surface area contributed by atoms with Crippen LogP contribution in [0.5, 0.6) is 0 Å². The number of unbranched alkanes of at least 4 members (excludes halogenated alkanes) is 2. The maximum absolute atomic E-state index is 14.0. The first-order valence-electron chi connectivity index (χ1n) is 20.8. The second-order valence-electron chi connectivity index (χ2n) is 15.0. The monoisotopic (exact) mass is 862 g/mol. The molecule has 1 aliphatic rings. The Labute approximate surface area is 361 Å². The first-order chi connectivity index (χ1) is 30.4. The molecule has 12 nitrogen and oxygen atoms in total. The van der Waals surface area contributed by atoms with Crippen LogP contribution in [0.15, 0.2) is 156 Å². The second-order valence-corrected chi connectivity index (χ2v) is 16.8. The van der Waals surface area contributed by atoms with Gasteiger partial charge in [0.05, 0.1) is 43.4 Å². The number of hydrogen-bond acceptors (Lipinski definition) is 9. The fourth-order valence-electron chi connectivity index (χ4n) is 7.44. The third kappa shape index (κ3) is 11.9. The normalized spacial score (nSPS) is 19.0. The van der Waals surface area contributed by atoms with Gasteiger partial charge in [-0.25, -0.2) is 16.8 Å². The van der Waals surface area contributed by atoms with Crippen molar-refractivity contribution in [3.63, 3.8) is 0 Å². The van der Waals surface area contributed by atoms with Crippen LogP contribution in [0.2, 0.25) is 0 Å². The molecule has 0 spiro atoms. The molecule has 7 rings (SSSR count). The van der Waals surface area contributed by atoms with Gasteiger partial charge < -0.3 is 28.4 Å². The number of fused-ring (bicyclic) bond motifs is 1. The van der Waals surface area contributed by atoms with Gasteiger partial charge in [-0.3, -0.25) is 0 Å². The molecule has 0 N–H and O–H groups in total. The van der Waals surface area contributed by atoms with Crippen LogP contribution in [0, 0.1) is 5.82 Å². The highest BCUT2D eigenvalue weighted by Crippen LogP contribution is 2.33. The Morgan fingerprint density at radius 3 is 1.94 bits per heavy atom. The fourth-order valence-corrected chi connectivity index (χ4v) is 8.85. The van der Waals surface area contributed by atoms with Crippen molar-refractivity contribution in [3.8, 4) is 0 Å². The van der Waals surface area contributed by atoms with Crippen LogP contribution in [-0.2, 0) is 64.7 Å². The number of nitrogens with zero attached hydrogens (tertiary/aromatic N) is 4. The summed E-state index contributed by atoms with van der Waals surface area (Å²) < 4.78 is 82.9. The minimum absolute atomic E-state index is 0.104. The lowest BCUT2D eigenvalue weighted by Crippen LogP contribution is -2.61. The van der Waals surface area contributed by atoms with E-state index in [1.54, 1.807) is 54.7 Å². The molecular formula is C48H51FN4O8S. The van der Waals surface area contributed by atoms with Gasteiger partial charge in [0.1, 0.15) is 30.2 Å². The Bertz CT molecular complexity index is 2440. The van der Waals surface area contributed by atoms with Crippen molar-refractivity contribution in [1.29, 1.82) is 0 Å². The highest BCUT2D eigenvalue weighted by atomic mass is 32.2. The molecule has 6 aromatic rings. The van der Waals surface area contributed by atoms with E-state index >= 15 is 0 Å². The number of ether oxygens (including phenoxy) is 6. The SMILES string of the molecule is [N-]=[N+]=NCCCCCOC[C@H]1O[C@@H](OCCc2cn(S(=O)(=O)c3ccccc3)c3ccccc23)[C@H](OCc2ccc(F)cc2)[C@@H](OCc2ccccc2)[C@@H]1OCc1ccccc1. The highest BCUT2D eigenvalue weighted by molar-refractivity contribution is 7.90. The zero-order valence-corrected chi connectivity index (χ0v) is 35.2. The fraction of sp³-hybridized carbons (Fsp3) is 0.333. The average molecular weight is 863 g/mol. The summed E-state index contributed by atoms with van der Waals surface area (Å²) in [5.41, 5.74) is 12.6. The van der Waals surface area contributed by atoms with Gasteiger partial charge in [0.15, 0.2) is 6.29 Å². The lowest BCUT2D eigenvalue weighted by Gasteiger charge is -2.46. The van der Waals surface area contributed by atoms with E-state index in [0.717, 1.165) is 46.9 Å². The minimum Gasteiger partial charge on any atom is -0.379 e. The predicted octanol–water partition coefficient (Wildman–Crippen LogP) is 9.55. The van der Waals surface area contributed by atoms with Crippen LogP contribution in [0.1, 0.15) is 41.5 Å². The minimum atomic E-state index is -3.89. The quantitative estimate of drug-likeness (QED) is 0.0268. The topological polar surface area (TPSA) is 143 Å². The summed E-state index contributed by atoms with van der Waals surface area (Å²) in [5.74, 6) is -0.356. The standard InChI is InChI=1S/C48H51FN4O8S/c49-40-25-23-38(24-26-40)34-60-47-46(59-33-37-17-7-2-8-18-37)45(58-32-36-15-5-1-6-16-36)44(35-56-29-14-4-13-28-51-52-50)61-48(47)57-30-27-39-31-53(43-22-12-11-21-42(39)43)62(54,55)41-19-9-3-10-20-41/h1-3,5-12,15-26,31,44-48H,4,13-14,27-30,32-35H2/t44-,45-,46+,47-,48-/m1/s1.